The summed E-state index contributed by atoms with van der Waals surface area (Å²) in [5, 5.41) is 0. The summed E-state index contributed by atoms with van der Waals surface area (Å²) in [4.78, 5) is 14.5. The van der Waals surface area contributed by atoms with Gasteiger partial charge in [0.2, 0.25) is 0 Å². The van der Waals surface area contributed by atoms with Crippen LogP contribution in [0.4, 0.5) is 0 Å². The van der Waals surface area contributed by atoms with Crippen molar-refractivity contribution in [3.05, 3.63) is 35.9 Å². The third-order valence-electron chi connectivity index (χ3n) is 4.14. The summed E-state index contributed by atoms with van der Waals surface area (Å²) in [5.74, 6) is -0.208. The minimum atomic E-state index is -0.208. The number of likely N-dealkylation sites (tertiary alicyclic amines) is 1. The van der Waals surface area contributed by atoms with E-state index in [2.05, 4.69) is 18.7 Å². The summed E-state index contributed by atoms with van der Waals surface area (Å²) in [7, 11) is 0. The number of rotatable bonds is 6. The van der Waals surface area contributed by atoms with Crippen LogP contribution in [-0.4, -0.2) is 36.1 Å². The molecular formula is C17H25NO2. The van der Waals surface area contributed by atoms with E-state index in [1.807, 2.05) is 18.2 Å². The van der Waals surface area contributed by atoms with Gasteiger partial charge in [-0.1, -0.05) is 31.5 Å². The number of esters is 1. The third-order valence-corrected chi connectivity index (χ3v) is 4.14. The van der Waals surface area contributed by atoms with Gasteiger partial charge in [-0.05, 0) is 44.9 Å². The normalized spacial score (nSPS) is 22.9. The Labute approximate surface area is 121 Å². The molecule has 110 valence electrons. The molecule has 1 aliphatic heterocycles. The molecule has 0 radical (unpaired) electrons. The molecule has 20 heavy (non-hydrogen) atoms. The largest absolute Gasteiger partial charge is 0.460 e. The smallest absolute Gasteiger partial charge is 0.338 e. The van der Waals surface area contributed by atoms with Crippen LogP contribution in [0.2, 0.25) is 0 Å². The molecule has 1 aliphatic rings. The van der Waals surface area contributed by atoms with Crippen LogP contribution in [0.3, 0.4) is 0 Å². The van der Waals surface area contributed by atoms with Crippen molar-refractivity contribution in [1.82, 2.24) is 4.90 Å². The first-order chi connectivity index (χ1) is 9.72. The summed E-state index contributed by atoms with van der Waals surface area (Å²) in [6.07, 6.45) is 4.76. The van der Waals surface area contributed by atoms with Crippen molar-refractivity contribution in [3.63, 3.8) is 0 Å². The molecule has 0 N–H and O–H groups in total. The van der Waals surface area contributed by atoms with E-state index in [1.54, 1.807) is 12.1 Å². The molecule has 1 fully saturated rings. The molecule has 0 saturated carbocycles. The van der Waals surface area contributed by atoms with Crippen molar-refractivity contribution < 1.29 is 9.53 Å². The average Bonchev–Trinajstić information content (AvgIpc) is 2.84. The van der Waals surface area contributed by atoms with E-state index in [4.69, 9.17) is 4.74 Å². The Morgan fingerprint density at radius 2 is 2.05 bits per heavy atom. The average molecular weight is 275 g/mol. The van der Waals surface area contributed by atoms with Crippen LogP contribution in [0.1, 0.15) is 49.9 Å². The van der Waals surface area contributed by atoms with Crippen LogP contribution < -0.4 is 0 Å². The molecule has 1 aromatic carbocycles. The minimum Gasteiger partial charge on any atom is -0.460 e. The Hall–Kier alpha value is -1.35. The van der Waals surface area contributed by atoms with Gasteiger partial charge in [-0.2, -0.15) is 0 Å². The van der Waals surface area contributed by atoms with Crippen molar-refractivity contribution in [2.75, 3.05) is 13.2 Å². The Morgan fingerprint density at radius 3 is 2.75 bits per heavy atom. The highest BCUT2D eigenvalue weighted by Gasteiger charge is 2.30. The molecule has 0 aliphatic carbocycles. The van der Waals surface area contributed by atoms with E-state index in [0.717, 1.165) is 13.0 Å². The minimum absolute atomic E-state index is 0.208. The summed E-state index contributed by atoms with van der Waals surface area (Å²) < 4.78 is 5.49. The van der Waals surface area contributed by atoms with Gasteiger partial charge in [-0.25, -0.2) is 4.79 Å². The predicted octanol–water partition coefficient (Wildman–Crippen LogP) is 3.50. The van der Waals surface area contributed by atoms with E-state index in [1.165, 1.54) is 19.3 Å². The molecule has 2 atom stereocenters. The first-order valence-corrected chi connectivity index (χ1v) is 7.70. The molecule has 0 spiro atoms. The first-order valence-electron chi connectivity index (χ1n) is 7.70. The van der Waals surface area contributed by atoms with Crippen LogP contribution in [0.5, 0.6) is 0 Å². The fourth-order valence-electron chi connectivity index (χ4n) is 2.88. The molecule has 0 bridgehead atoms. The molecule has 2 unspecified atom stereocenters. The highest BCUT2D eigenvalue weighted by molar-refractivity contribution is 5.89. The Balaban J connectivity index is 1.85. The highest BCUT2D eigenvalue weighted by atomic mass is 16.5. The fraction of sp³-hybridized carbons (Fsp3) is 0.588. The van der Waals surface area contributed by atoms with Crippen molar-refractivity contribution in [1.29, 1.82) is 0 Å². The van der Waals surface area contributed by atoms with Crippen LogP contribution in [0.25, 0.3) is 0 Å². The number of benzene rings is 1. The topological polar surface area (TPSA) is 29.5 Å². The summed E-state index contributed by atoms with van der Waals surface area (Å²) >= 11 is 0. The van der Waals surface area contributed by atoms with Crippen LogP contribution >= 0.6 is 0 Å². The van der Waals surface area contributed by atoms with Gasteiger partial charge in [0.1, 0.15) is 6.61 Å². The lowest BCUT2D eigenvalue weighted by molar-refractivity contribution is 0.0372. The van der Waals surface area contributed by atoms with Crippen LogP contribution in [-0.2, 0) is 4.74 Å². The van der Waals surface area contributed by atoms with Crippen molar-refractivity contribution in [2.24, 2.45) is 0 Å². The van der Waals surface area contributed by atoms with Crippen molar-refractivity contribution in [3.8, 4) is 0 Å². The maximum atomic E-state index is 12.0. The molecule has 3 heteroatoms. The molecule has 2 rings (SSSR count). The lowest BCUT2D eigenvalue weighted by atomic mass is 10.2. The monoisotopic (exact) mass is 275 g/mol. The van der Waals surface area contributed by atoms with Gasteiger partial charge in [0.05, 0.1) is 5.56 Å². The van der Waals surface area contributed by atoms with E-state index in [0.29, 0.717) is 24.3 Å². The van der Waals surface area contributed by atoms with Crippen molar-refractivity contribution in [2.45, 2.75) is 51.6 Å². The molecule has 1 saturated heterocycles. The van der Waals surface area contributed by atoms with Gasteiger partial charge in [0.25, 0.3) is 0 Å². The molecular weight excluding hydrogens is 250 g/mol. The number of hydrogen-bond acceptors (Lipinski definition) is 3. The molecule has 1 heterocycles. The Kier molecular flexibility index (Phi) is 5.60. The van der Waals surface area contributed by atoms with Gasteiger partial charge in [0, 0.05) is 12.1 Å². The van der Waals surface area contributed by atoms with Crippen molar-refractivity contribution >= 4 is 5.97 Å². The first kappa shape index (κ1) is 15.0. The second-order valence-corrected chi connectivity index (χ2v) is 5.64. The maximum absolute atomic E-state index is 12.0. The molecule has 1 aromatic rings. The molecule has 0 aromatic heterocycles. The van der Waals surface area contributed by atoms with Gasteiger partial charge >= 0.3 is 5.97 Å². The van der Waals surface area contributed by atoms with E-state index >= 15 is 0 Å². The van der Waals surface area contributed by atoms with E-state index in [-0.39, 0.29) is 5.97 Å². The lowest BCUT2D eigenvalue weighted by Crippen LogP contribution is -2.38. The summed E-state index contributed by atoms with van der Waals surface area (Å²) in [5.41, 5.74) is 0.638. The van der Waals surface area contributed by atoms with E-state index < -0.39 is 0 Å². The molecule has 0 amide bonds. The standard InChI is InChI=1S/C17H25NO2/c1-3-4-12-18-14(2)10-11-16(18)13-20-17(19)15-8-6-5-7-9-15/h5-9,14,16H,3-4,10-13H2,1-2H3. The number of carbonyl (C=O) groups excluding carboxylic acids is 1. The lowest BCUT2D eigenvalue weighted by Gasteiger charge is -2.27. The Morgan fingerprint density at radius 1 is 1.30 bits per heavy atom. The summed E-state index contributed by atoms with van der Waals surface area (Å²) in [6, 6.07) is 10.2. The van der Waals surface area contributed by atoms with Gasteiger partial charge in [-0.15, -0.1) is 0 Å². The van der Waals surface area contributed by atoms with Gasteiger partial charge < -0.3 is 4.74 Å². The van der Waals surface area contributed by atoms with Crippen LogP contribution in [0, 0.1) is 0 Å². The number of unbranched alkanes of at least 4 members (excludes halogenated alkanes) is 1. The Bertz CT molecular complexity index is 418. The zero-order valence-corrected chi connectivity index (χ0v) is 12.5. The number of nitrogens with zero attached hydrogens (tertiary/aromatic N) is 1. The number of hydrogen-bond donors (Lipinski definition) is 0. The quantitative estimate of drug-likeness (QED) is 0.744. The number of carbonyl (C=O) groups is 1. The van der Waals surface area contributed by atoms with Gasteiger partial charge in [0.15, 0.2) is 0 Å². The fourth-order valence-corrected chi connectivity index (χ4v) is 2.88. The van der Waals surface area contributed by atoms with Gasteiger partial charge in [-0.3, -0.25) is 4.90 Å². The highest BCUT2D eigenvalue weighted by Crippen LogP contribution is 2.24. The third kappa shape index (κ3) is 3.83. The number of ether oxygens (including phenoxy) is 1. The van der Waals surface area contributed by atoms with E-state index in [9.17, 15) is 4.79 Å². The predicted molar refractivity (Wildman–Crippen MR) is 80.8 cm³/mol. The summed E-state index contributed by atoms with van der Waals surface area (Å²) in [6.45, 7) is 6.12. The SMILES string of the molecule is CCCCN1C(C)CCC1COC(=O)c1ccccc1. The second-order valence-electron chi connectivity index (χ2n) is 5.64. The maximum Gasteiger partial charge on any atom is 0.338 e. The molecule has 3 nitrogen and oxygen atoms in total. The second kappa shape index (κ2) is 7.44. The zero-order chi connectivity index (χ0) is 14.4. The zero-order valence-electron chi connectivity index (χ0n) is 12.5. The van der Waals surface area contributed by atoms with Crippen LogP contribution in [0.15, 0.2) is 30.3 Å².